The smallest absolute Gasteiger partial charge is 0.416 e. The van der Waals surface area contributed by atoms with Gasteiger partial charge in [-0.1, -0.05) is 42.5 Å². The molecule has 4 aromatic rings. The first-order chi connectivity index (χ1) is 13.5. The summed E-state index contributed by atoms with van der Waals surface area (Å²) in [5, 5.41) is 3.81. The fraction of sp³-hybridized carbons (Fsp3) is 0.143. The van der Waals surface area contributed by atoms with Gasteiger partial charge in [-0.3, -0.25) is 0 Å². The van der Waals surface area contributed by atoms with Crippen molar-refractivity contribution in [2.24, 2.45) is 0 Å². The minimum absolute atomic E-state index is 0.375. The van der Waals surface area contributed by atoms with E-state index < -0.39 is 11.7 Å². The molecule has 2 aromatic carbocycles. The summed E-state index contributed by atoms with van der Waals surface area (Å²) < 4.78 is 44.9. The molecule has 0 saturated carbocycles. The van der Waals surface area contributed by atoms with Crippen molar-refractivity contribution < 1.29 is 17.6 Å². The van der Waals surface area contributed by atoms with E-state index >= 15 is 0 Å². The normalized spacial score (nSPS) is 11.7. The third-order valence-electron chi connectivity index (χ3n) is 4.37. The molecule has 0 aliphatic carbocycles. The van der Waals surface area contributed by atoms with Gasteiger partial charge >= 0.3 is 6.18 Å². The molecule has 0 unspecified atom stereocenters. The summed E-state index contributed by atoms with van der Waals surface area (Å²) in [6.45, 7) is 2.56. The lowest BCUT2D eigenvalue weighted by molar-refractivity contribution is -0.137. The Morgan fingerprint density at radius 3 is 2.29 bits per heavy atom. The lowest BCUT2D eigenvalue weighted by atomic mass is 9.98. The molecule has 0 amide bonds. The monoisotopic (exact) mass is 383 g/mol. The molecule has 2 heterocycles. The summed E-state index contributed by atoms with van der Waals surface area (Å²) in [6.07, 6.45) is -2.99. The SMILES string of the molecule is CCNc1ncnc2oc(-c3ccccc3)c(-c3ccc(C(F)(F)F)cc3)c12. The lowest BCUT2D eigenvalue weighted by Gasteiger charge is -2.09. The first-order valence-corrected chi connectivity index (χ1v) is 8.73. The van der Waals surface area contributed by atoms with Crippen LogP contribution in [0.3, 0.4) is 0 Å². The van der Waals surface area contributed by atoms with Crippen LogP contribution in [0.1, 0.15) is 12.5 Å². The molecule has 7 heteroatoms. The van der Waals surface area contributed by atoms with Gasteiger partial charge in [0.2, 0.25) is 5.71 Å². The van der Waals surface area contributed by atoms with Crippen molar-refractivity contribution in [3.63, 3.8) is 0 Å². The number of anilines is 1. The maximum atomic E-state index is 13.0. The van der Waals surface area contributed by atoms with Gasteiger partial charge in [0.15, 0.2) is 0 Å². The number of rotatable bonds is 4. The van der Waals surface area contributed by atoms with Crippen molar-refractivity contribution in [2.75, 3.05) is 11.9 Å². The molecule has 142 valence electrons. The third kappa shape index (κ3) is 3.19. The van der Waals surface area contributed by atoms with E-state index in [0.717, 1.165) is 17.7 Å². The van der Waals surface area contributed by atoms with E-state index in [2.05, 4.69) is 15.3 Å². The quantitative estimate of drug-likeness (QED) is 0.469. The maximum Gasteiger partial charge on any atom is 0.416 e. The predicted molar refractivity (Wildman–Crippen MR) is 102 cm³/mol. The molecule has 0 aliphatic rings. The van der Waals surface area contributed by atoms with Crippen LogP contribution < -0.4 is 5.32 Å². The summed E-state index contributed by atoms with van der Waals surface area (Å²) in [5.41, 5.74) is 1.73. The van der Waals surface area contributed by atoms with Gasteiger partial charge in [0, 0.05) is 17.7 Å². The van der Waals surface area contributed by atoms with E-state index in [-0.39, 0.29) is 0 Å². The molecule has 4 rings (SSSR count). The molecule has 4 nitrogen and oxygen atoms in total. The number of nitrogens with one attached hydrogen (secondary N) is 1. The van der Waals surface area contributed by atoms with Crippen molar-refractivity contribution in [2.45, 2.75) is 13.1 Å². The topological polar surface area (TPSA) is 51.0 Å². The van der Waals surface area contributed by atoms with Gasteiger partial charge in [-0.25, -0.2) is 9.97 Å². The second-order valence-electron chi connectivity index (χ2n) is 6.18. The Hall–Kier alpha value is -3.35. The number of nitrogens with zero attached hydrogens (tertiary/aromatic N) is 2. The van der Waals surface area contributed by atoms with Crippen LogP contribution in [0.2, 0.25) is 0 Å². The number of alkyl halides is 3. The average molecular weight is 383 g/mol. The molecule has 1 N–H and O–H groups in total. The van der Waals surface area contributed by atoms with Crippen LogP contribution in [0.5, 0.6) is 0 Å². The highest BCUT2D eigenvalue weighted by Crippen LogP contribution is 2.43. The zero-order chi connectivity index (χ0) is 19.7. The van der Waals surface area contributed by atoms with E-state index in [9.17, 15) is 13.2 Å². The van der Waals surface area contributed by atoms with Gasteiger partial charge in [0.1, 0.15) is 17.9 Å². The van der Waals surface area contributed by atoms with Crippen molar-refractivity contribution in [1.29, 1.82) is 0 Å². The Morgan fingerprint density at radius 2 is 1.64 bits per heavy atom. The van der Waals surface area contributed by atoms with Crippen LogP contribution in [0, 0.1) is 0 Å². The number of aromatic nitrogens is 2. The molecule has 0 atom stereocenters. The van der Waals surface area contributed by atoms with E-state index in [1.165, 1.54) is 18.5 Å². The molecule has 0 aliphatic heterocycles. The molecular weight excluding hydrogens is 367 g/mol. The minimum Gasteiger partial charge on any atom is -0.437 e. The highest BCUT2D eigenvalue weighted by molar-refractivity contribution is 6.05. The van der Waals surface area contributed by atoms with Crippen molar-refractivity contribution in [3.05, 3.63) is 66.5 Å². The molecule has 0 spiro atoms. The summed E-state index contributed by atoms with van der Waals surface area (Å²) >= 11 is 0. The third-order valence-corrected chi connectivity index (χ3v) is 4.37. The molecular formula is C21H16F3N3O. The summed E-state index contributed by atoms with van der Waals surface area (Å²) in [5.74, 6) is 1.11. The summed E-state index contributed by atoms with van der Waals surface area (Å²) in [4.78, 5) is 8.50. The first-order valence-electron chi connectivity index (χ1n) is 8.73. The van der Waals surface area contributed by atoms with Gasteiger partial charge < -0.3 is 9.73 Å². The second kappa shape index (κ2) is 6.99. The summed E-state index contributed by atoms with van der Waals surface area (Å²) in [6, 6.07) is 14.4. The Morgan fingerprint density at radius 1 is 0.929 bits per heavy atom. The number of halogens is 3. The van der Waals surface area contributed by atoms with Gasteiger partial charge in [0.05, 0.1) is 10.9 Å². The Kier molecular flexibility index (Phi) is 4.50. The van der Waals surface area contributed by atoms with Crippen molar-refractivity contribution in [1.82, 2.24) is 9.97 Å². The zero-order valence-corrected chi connectivity index (χ0v) is 14.9. The van der Waals surface area contributed by atoms with Crippen LogP contribution in [-0.4, -0.2) is 16.5 Å². The summed E-state index contributed by atoms with van der Waals surface area (Å²) in [7, 11) is 0. The average Bonchev–Trinajstić information content (AvgIpc) is 3.09. The number of fused-ring (bicyclic) bond motifs is 1. The van der Waals surface area contributed by atoms with E-state index in [0.29, 0.717) is 40.3 Å². The van der Waals surface area contributed by atoms with Crippen LogP contribution in [-0.2, 0) is 6.18 Å². The molecule has 0 bridgehead atoms. The molecule has 0 fully saturated rings. The van der Waals surface area contributed by atoms with Crippen molar-refractivity contribution >= 4 is 16.9 Å². The van der Waals surface area contributed by atoms with Gasteiger partial charge in [0.25, 0.3) is 0 Å². The molecule has 2 aromatic heterocycles. The van der Waals surface area contributed by atoms with Crippen LogP contribution >= 0.6 is 0 Å². The number of hydrogen-bond donors (Lipinski definition) is 1. The van der Waals surface area contributed by atoms with E-state index in [4.69, 9.17) is 4.42 Å². The predicted octanol–water partition coefficient (Wildman–Crippen LogP) is 6.01. The highest BCUT2D eigenvalue weighted by Gasteiger charge is 2.30. The number of furan rings is 1. The second-order valence-corrected chi connectivity index (χ2v) is 6.18. The Balaban J connectivity index is 1.99. The molecule has 28 heavy (non-hydrogen) atoms. The van der Waals surface area contributed by atoms with Gasteiger partial charge in [-0.15, -0.1) is 0 Å². The van der Waals surface area contributed by atoms with E-state index in [1.54, 1.807) is 0 Å². The Bertz CT molecular complexity index is 1100. The Labute approximate surface area is 159 Å². The minimum atomic E-state index is -4.39. The van der Waals surface area contributed by atoms with E-state index in [1.807, 2.05) is 37.3 Å². The van der Waals surface area contributed by atoms with Crippen molar-refractivity contribution in [3.8, 4) is 22.5 Å². The lowest BCUT2D eigenvalue weighted by Crippen LogP contribution is -2.04. The fourth-order valence-corrected chi connectivity index (χ4v) is 3.13. The van der Waals surface area contributed by atoms with Gasteiger partial charge in [-0.2, -0.15) is 13.2 Å². The van der Waals surface area contributed by atoms with Crippen LogP contribution in [0.25, 0.3) is 33.6 Å². The molecule has 0 radical (unpaired) electrons. The van der Waals surface area contributed by atoms with Gasteiger partial charge in [-0.05, 0) is 24.6 Å². The zero-order valence-electron chi connectivity index (χ0n) is 14.9. The largest absolute Gasteiger partial charge is 0.437 e. The molecule has 0 saturated heterocycles. The number of hydrogen-bond acceptors (Lipinski definition) is 4. The number of benzene rings is 2. The highest BCUT2D eigenvalue weighted by atomic mass is 19.4. The maximum absolute atomic E-state index is 13.0. The first kappa shape index (κ1) is 18.0. The van der Waals surface area contributed by atoms with Crippen LogP contribution in [0.15, 0.2) is 65.3 Å². The van der Waals surface area contributed by atoms with Crippen LogP contribution in [0.4, 0.5) is 19.0 Å². The standard InChI is InChI=1S/C21H16F3N3O/c1-2-25-19-17-16(13-8-10-15(11-9-13)21(22,23)24)18(14-6-4-3-5-7-14)28-20(17)27-12-26-19/h3-12H,2H2,1H3,(H,25,26,27). The fourth-order valence-electron chi connectivity index (χ4n) is 3.13.